The van der Waals surface area contributed by atoms with Gasteiger partial charge in [0.05, 0.1) is 47.4 Å². The minimum atomic E-state index is -1.04. The number of ether oxygens (including phenoxy) is 1. The van der Waals surface area contributed by atoms with E-state index in [9.17, 15) is 14.1 Å². The molecule has 0 aliphatic carbocycles. The molecule has 2 aromatic rings. The number of nitrogens with one attached hydrogen (secondary N) is 1. The first kappa shape index (κ1) is 24.1. The minimum absolute atomic E-state index is 0.00878. The maximum absolute atomic E-state index is 12.7. The number of methoxy groups -OCH3 is 1. The molecule has 1 aromatic heterocycles. The second kappa shape index (κ2) is 11.9. The standard InChI is InChI=1S/C22H31N3O4S/c1-5-25(3)21(15-29-4)19-12-9-17(13-23-19)22(27)24-20(14-26)16-7-10-18(11-8-16)30(28)6-2/h7-13,20-21,26H,5-6,14-15H2,1-4H3,(H,24,27). The summed E-state index contributed by atoms with van der Waals surface area (Å²) in [4.78, 5) is 20.0. The molecule has 0 aliphatic heterocycles. The van der Waals surface area contributed by atoms with E-state index in [0.29, 0.717) is 17.9 Å². The van der Waals surface area contributed by atoms with Gasteiger partial charge in [0.2, 0.25) is 0 Å². The third kappa shape index (κ3) is 6.18. The van der Waals surface area contributed by atoms with Crippen molar-refractivity contribution < 1.29 is 18.8 Å². The molecular formula is C22H31N3O4S. The summed E-state index contributed by atoms with van der Waals surface area (Å²) < 4.78 is 17.2. The molecule has 8 heteroatoms. The zero-order chi connectivity index (χ0) is 22.1. The van der Waals surface area contributed by atoms with Crippen LogP contribution in [0.2, 0.25) is 0 Å². The number of carbonyl (C=O) groups is 1. The Kier molecular flexibility index (Phi) is 9.58. The van der Waals surface area contributed by atoms with Crippen LogP contribution in [0.3, 0.4) is 0 Å². The van der Waals surface area contributed by atoms with Crippen molar-refractivity contribution in [1.29, 1.82) is 0 Å². The highest BCUT2D eigenvalue weighted by atomic mass is 32.2. The van der Waals surface area contributed by atoms with E-state index in [0.717, 1.165) is 22.7 Å². The molecule has 30 heavy (non-hydrogen) atoms. The zero-order valence-corrected chi connectivity index (χ0v) is 18.8. The first-order valence-electron chi connectivity index (χ1n) is 10.00. The van der Waals surface area contributed by atoms with Gasteiger partial charge in [0, 0.05) is 24.0 Å². The van der Waals surface area contributed by atoms with Crippen LogP contribution >= 0.6 is 0 Å². The van der Waals surface area contributed by atoms with Crippen LogP contribution in [-0.4, -0.2) is 64.8 Å². The van der Waals surface area contributed by atoms with Crippen molar-refractivity contribution in [3.8, 4) is 0 Å². The molecule has 3 unspecified atom stereocenters. The summed E-state index contributed by atoms with van der Waals surface area (Å²) in [6.45, 7) is 5.03. The van der Waals surface area contributed by atoms with Crippen LogP contribution in [0.5, 0.6) is 0 Å². The number of hydrogen-bond donors (Lipinski definition) is 2. The second-order valence-electron chi connectivity index (χ2n) is 6.93. The average molecular weight is 434 g/mol. The van der Waals surface area contributed by atoms with E-state index in [2.05, 4.69) is 22.1 Å². The molecule has 7 nitrogen and oxygen atoms in total. The normalized spacial score (nSPS) is 14.3. The van der Waals surface area contributed by atoms with Crippen LogP contribution in [0, 0.1) is 0 Å². The molecule has 3 atom stereocenters. The second-order valence-corrected chi connectivity index (χ2v) is 8.67. The summed E-state index contributed by atoms with van der Waals surface area (Å²) in [5, 5.41) is 12.6. The molecule has 0 bridgehead atoms. The van der Waals surface area contributed by atoms with Gasteiger partial charge in [-0.05, 0) is 43.4 Å². The number of hydrogen-bond acceptors (Lipinski definition) is 6. The molecule has 0 spiro atoms. The van der Waals surface area contributed by atoms with E-state index in [4.69, 9.17) is 4.74 Å². The molecule has 1 heterocycles. The van der Waals surface area contributed by atoms with Gasteiger partial charge in [-0.25, -0.2) is 0 Å². The van der Waals surface area contributed by atoms with Gasteiger partial charge < -0.3 is 15.2 Å². The molecule has 0 radical (unpaired) electrons. The highest BCUT2D eigenvalue weighted by molar-refractivity contribution is 7.85. The van der Waals surface area contributed by atoms with Crippen molar-refractivity contribution in [2.75, 3.05) is 39.7 Å². The van der Waals surface area contributed by atoms with E-state index < -0.39 is 16.8 Å². The highest BCUT2D eigenvalue weighted by Crippen LogP contribution is 2.19. The Morgan fingerprint density at radius 1 is 1.23 bits per heavy atom. The summed E-state index contributed by atoms with van der Waals surface area (Å²) in [6.07, 6.45) is 1.54. The molecule has 0 fully saturated rings. The number of aliphatic hydroxyl groups is 1. The molecule has 0 aliphatic rings. The third-order valence-corrected chi connectivity index (χ3v) is 6.36. The van der Waals surface area contributed by atoms with Gasteiger partial charge in [-0.15, -0.1) is 0 Å². The molecule has 0 saturated heterocycles. The molecule has 2 rings (SSSR count). The smallest absolute Gasteiger partial charge is 0.253 e. The maximum atomic E-state index is 12.7. The fourth-order valence-electron chi connectivity index (χ4n) is 3.05. The van der Waals surface area contributed by atoms with Gasteiger partial charge in [0.15, 0.2) is 0 Å². The number of likely N-dealkylation sites (N-methyl/N-ethyl adjacent to an activating group) is 1. The first-order chi connectivity index (χ1) is 14.4. The van der Waals surface area contributed by atoms with Crippen LogP contribution in [-0.2, 0) is 15.5 Å². The minimum Gasteiger partial charge on any atom is -0.394 e. The lowest BCUT2D eigenvalue weighted by Gasteiger charge is -2.25. The number of benzene rings is 1. The van der Waals surface area contributed by atoms with Crippen LogP contribution < -0.4 is 5.32 Å². The van der Waals surface area contributed by atoms with Gasteiger partial charge in [-0.3, -0.25) is 18.9 Å². The van der Waals surface area contributed by atoms with Gasteiger partial charge in [-0.2, -0.15) is 0 Å². The Morgan fingerprint density at radius 3 is 2.43 bits per heavy atom. The molecule has 1 aromatic carbocycles. The topological polar surface area (TPSA) is 91.8 Å². The van der Waals surface area contributed by atoms with Crippen molar-refractivity contribution in [2.24, 2.45) is 0 Å². The van der Waals surface area contributed by atoms with Crippen molar-refractivity contribution >= 4 is 16.7 Å². The number of amides is 1. The van der Waals surface area contributed by atoms with Crippen LogP contribution in [0.15, 0.2) is 47.5 Å². The summed E-state index contributed by atoms with van der Waals surface area (Å²) in [5.41, 5.74) is 1.99. The van der Waals surface area contributed by atoms with Crippen LogP contribution in [0.4, 0.5) is 0 Å². The largest absolute Gasteiger partial charge is 0.394 e. The summed E-state index contributed by atoms with van der Waals surface area (Å²) in [6, 6.07) is 10.1. The first-order valence-corrected chi connectivity index (χ1v) is 11.3. The Balaban J connectivity index is 2.10. The van der Waals surface area contributed by atoms with E-state index in [1.54, 1.807) is 43.6 Å². The SMILES string of the molecule is CCN(C)C(COC)c1ccc(C(=O)NC(CO)c2ccc(S(=O)CC)cc2)cn1. The molecular weight excluding hydrogens is 402 g/mol. The third-order valence-electron chi connectivity index (χ3n) is 5.04. The van der Waals surface area contributed by atoms with E-state index >= 15 is 0 Å². The van der Waals surface area contributed by atoms with E-state index in [-0.39, 0.29) is 18.6 Å². The van der Waals surface area contributed by atoms with Gasteiger partial charge in [0.1, 0.15) is 0 Å². The highest BCUT2D eigenvalue weighted by Gasteiger charge is 2.19. The molecule has 164 valence electrons. The van der Waals surface area contributed by atoms with Gasteiger partial charge >= 0.3 is 0 Å². The predicted octanol–water partition coefficient (Wildman–Crippen LogP) is 2.31. The van der Waals surface area contributed by atoms with E-state index in [1.165, 1.54) is 0 Å². The van der Waals surface area contributed by atoms with Gasteiger partial charge in [-0.1, -0.05) is 26.0 Å². The van der Waals surface area contributed by atoms with Gasteiger partial charge in [0.25, 0.3) is 5.91 Å². The number of carbonyl (C=O) groups excluding carboxylic acids is 1. The number of pyridine rings is 1. The quantitative estimate of drug-likeness (QED) is 0.565. The monoisotopic (exact) mass is 433 g/mol. The molecule has 2 N–H and O–H groups in total. The molecule has 1 amide bonds. The van der Waals surface area contributed by atoms with E-state index in [1.807, 2.05) is 20.0 Å². The molecule has 0 saturated carbocycles. The number of aromatic nitrogens is 1. The van der Waals surface area contributed by atoms with Crippen LogP contribution in [0.1, 0.15) is 47.5 Å². The average Bonchev–Trinajstić information content (AvgIpc) is 2.80. The number of aliphatic hydroxyl groups excluding tert-OH is 1. The number of nitrogens with zero attached hydrogens (tertiary/aromatic N) is 2. The lowest BCUT2D eigenvalue weighted by Crippen LogP contribution is -2.31. The van der Waals surface area contributed by atoms with Crippen molar-refractivity contribution in [1.82, 2.24) is 15.2 Å². The predicted molar refractivity (Wildman–Crippen MR) is 118 cm³/mol. The Bertz CT molecular complexity index is 827. The van der Waals surface area contributed by atoms with Crippen molar-refractivity contribution in [2.45, 2.75) is 30.8 Å². The fourth-order valence-corrected chi connectivity index (χ4v) is 3.82. The Morgan fingerprint density at radius 2 is 1.93 bits per heavy atom. The number of rotatable bonds is 11. The zero-order valence-electron chi connectivity index (χ0n) is 18.0. The summed E-state index contributed by atoms with van der Waals surface area (Å²) in [7, 11) is 2.61. The fraction of sp³-hybridized carbons (Fsp3) is 0.455. The van der Waals surface area contributed by atoms with Crippen molar-refractivity contribution in [3.05, 3.63) is 59.4 Å². The summed E-state index contributed by atoms with van der Waals surface area (Å²) in [5.74, 6) is 0.225. The van der Waals surface area contributed by atoms with Crippen molar-refractivity contribution in [3.63, 3.8) is 0 Å². The lowest BCUT2D eigenvalue weighted by atomic mass is 10.1. The lowest BCUT2D eigenvalue weighted by molar-refractivity contribution is 0.0915. The maximum Gasteiger partial charge on any atom is 0.253 e. The Labute approximate surface area is 180 Å². The summed E-state index contributed by atoms with van der Waals surface area (Å²) >= 11 is 0. The van der Waals surface area contributed by atoms with Crippen LogP contribution in [0.25, 0.3) is 0 Å². The Hall–Kier alpha value is -2.13.